The van der Waals surface area contributed by atoms with Crippen molar-refractivity contribution < 1.29 is 4.79 Å². The third-order valence-electron chi connectivity index (χ3n) is 1.52. The first-order chi connectivity index (χ1) is 6.29. The Labute approximate surface area is 75.4 Å². The Morgan fingerprint density at radius 1 is 1.31 bits per heavy atom. The number of nitrogens with one attached hydrogen (secondary N) is 1. The van der Waals surface area contributed by atoms with E-state index in [-0.39, 0.29) is 5.71 Å². The van der Waals surface area contributed by atoms with E-state index >= 15 is 0 Å². The lowest BCUT2D eigenvalue weighted by Gasteiger charge is -2.02. The van der Waals surface area contributed by atoms with Gasteiger partial charge in [0.1, 0.15) is 0 Å². The van der Waals surface area contributed by atoms with Gasteiger partial charge in [-0.3, -0.25) is 10.2 Å². The maximum absolute atomic E-state index is 11.1. The molecule has 0 heterocycles. The fraction of sp³-hybridized carbons (Fsp3) is 0. The van der Waals surface area contributed by atoms with Crippen molar-refractivity contribution in [3.8, 4) is 0 Å². The summed E-state index contributed by atoms with van der Waals surface area (Å²) in [6, 6.07) is 8.84. The first-order valence-electron chi connectivity index (χ1n) is 3.64. The van der Waals surface area contributed by atoms with Crippen molar-refractivity contribution in [3.05, 3.63) is 35.9 Å². The van der Waals surface area contributed by atoms with Crippen molar-refractivity contribution >= 4 is 11.6 Å². The van der Waals surface area contributed by atoms with Gasteiger partial charge in [0.15, 0.2) is 5.71 Å². The van der Waals surface area contributed by atoms with E-state index in [1.807, 2.05) is 11.5 Å². The standard InChI is InChI=1S/C8H10N4O/c9-11-7(8(13)12-10)6-4-2-1-3-5-6/h1-5H,9-10H2,(H,12,13). The summed E-state index contributed by atoms with van der Waals surface area (Å²) in [4.78, 5) is 11.1. The predicted octanol–water partition coefficient (Wildman–Crippen LogP) is -0.661. The number of benzene rings is 1. The van der Waals surface area contributed by atoms with E-state index in [9.17, 15) is 4.79 Å². The molecule has 5 N–H and O–H groups in total. The minimum atomic E-state index is -0.506. The van der Waals surface area contributed by atoms with E-state index in [2.05, 4.69) is 5.10 Å². The molecule has 1 rings (SSSR count). The molecule has 1 aromatic carbocycles. The molecule has 0 aliphatic heterocycles. The maximum atomic E-state index is 11.1. The topological polar surface area (TPSA) is 93.5 Å². The molecular formula is C8H10N4O. The lowest BCUT2D eigenvalue weighted by molar-refractivity contribution is -0.114. The Kier molecular flexibility index (Phi) is 2.99. The number of nitrogens with two attached hydrogens (primary N) is 2. The van der Waals surface area contributed by atoms with Crippen molar-refractivity contribution in [2.45, 2.75) is 0 Å². The second-order valence-electron chi connectivity index (χ2n) is 2.32. The quantitative estimate of drug-likeness (QED) is 0.243. The van der Waals surface area contributed by atoms with E-state index < -0.39 is 5.91 Å². The fourth-order valence-corrected chi connectivity index (χ4v) is 0.929. The van der Waals surface area contributed by atoms with Crippen LogP contribution in [0.15, 0.2) is 35.4 Å². The van der Waals surface area contributed by atoms with Gasteiger partial charge in [0.25, 0.3) is 5.91 Å². The first kappa shape index (κ1) is 9.21. The smallest absolute Gasteiger partial charge is 0.286 e. The van der Waals surface area contributed by atoms with Gasteiger partial charge in [-0.05, 0) is 0 Å². The molecule has 0 aliphatic rings. The van der Waals surface area contributed by atoms with Crippen LogP contribution in [0.2, 0.25) is 0 Å². The summed E-state index contributed by atoms with van der Waals surface area (Å²) in [6.07, 6.45) is 0. The van der Waals surface area contributed by atoms with Gasteiger partial charge in [-0.15, -0.1) is 0 Å². The van der Waals surface area contributed by atoms with Crippen molar-refractivity contribution in [2.24, 2.45) is 16.8 Å². The van der Waals surface area contributed by atoms with Crippen LogP contribution in [0, 0.1) is 0 Å². The second kappa shape index (κ2) is 4.22. The SMILES string of the molecule is NN=C(C(=O)NN)c1ccccc1. The molecule has 0 spiro atoms. The Morgan fingerprint density at radius 2 is 1.92 bits per heavy atom. The van der Waals surface area contributed by atoms with Crippen LogP contribution in [0.4, 0.5) is 0 Å². The highest BCUT2D eigenvalue weighted by molar-refractivity contribution is 6.45. The molecule has 0 radical (unpaired) electrons. The zero-order valence-electron chi connectivity index (χ0n) is 6.90. The molecule has 0 unspecified atom stereocenters. The van der Waals surface area contributed by atoms with Gasteiger partial charge in [0.05, 0.1) is 0 Å². The van der Waals surface area contributed by atoms with Crippen LogP contribution in [0.1, 0.15) is 5.56 Å². The molecule has 5 heteroatoms. The van der Waals surface area contributed by atoms with Crippen molar-refractivity contribution in [3.63, 3.8) is 0 Å². The number of hydrogen-bond acceptors (Lipinski definition) is 4. The number of hydrazone groups is 1. The molecule has 0 bridgehead atoms. The Morgan fingerprint density at radius 3 is 2.38 bits per heavy atom. The molecule has 0 fully saturated rings. The van der Waals surface area contributed by atoms with E-state index in [1.165, 1.54) is 0 Å². The van der Waals surface area contributed by atoms with Gasteiger partial charge in [-0.2, -0.15) is 5.10 Å². The van der Waals surface area contributed by atoms with E-state index in [1.54, 1.807) is 24.3 Å². The fourth-order valence-electron chi connectivity index (χ4n) is 0.929. The average Bonchev–Trinajstić information content (AvgIpc) is 2.20. The zero-order valence-corrected chi connectivity index (χ0v) is 6.90. The van der Waals surface area contributed by atoms with Crippen LogP contribution in [-0.2, 0) is 4.79 Å². The van der Waals surface area contributed by atoms with Crippen molar-refractivity contribution in [1.29, 1.82) is 0 Å². The number of rotatable bonds is 2. The second-order valence-corrected chi connectivity index (χ2v) is 2.32. The van der Waals surface area contributed by atoms with Crippen LogP contribution in [-0.4, -0.2) is 11.6 Å². The summed E-state index contributed by atoms with van der Waals surface area (Å²) in [5.74, 6) is 9.50. The largest absolute Gasteiger partial charge is 0.322 e. The van der Waals surface area contributed by atoms with Gasteiger partial charge >= 0.3 is 0 Å². The number of hydrogen-bond donors (Lipinski definition) is 3. The highest BCUT2D eigenvalue weighted by Crippen LogP contribution is 2.00. The van der Waals surface area contributed by atoms with Crippen LogP contribution in [0.3, 0.4) is 0 Å². The first-order valence-corrected chi connectivity index (χ1v) is 3.64. The summed E-state index contributed by atoms with van der Waals surface area (Å²) in [5, 5.41) is 3.35. The average molecular weight is 178 g/mol. The molecule has 68 valence electrons. The summed E-state index contributed by atoms with van der Waals surface area (Å²) < 4.78 is 0. The number of carbonyl (C=O) groups excluding carboxylic acids is 1. The third kappa shape index (κ3) is 2.03. The monoisotopic (exact) mass is 178 g/mol. The molecule has 13 heavy (non-hydrogen) atoms. The molecule has 0 atom stereocenters. The summed E-state index contributed by atoms with van der Waals surface area (Å²) in [5.41, 5.74) is 2.71. The lowest BCUT2D eigenvalue weighted by Crippen LogP contribution is -2.37. The van der Waals surface area contributed by atoms with Gasteiger partial charge in [0.2, 0.25) is 0 Å². The number of hydrazine groups is 1. The lowest BCUT2D eigenvalue weighted by atomic mass is 10.1. The Balaban J connectivity index is 3.00. The van der Waals surface area contributed by atoms with Crippen LogP contribution in [0.25, 0.3) is 0 Å². The molecule has 5 nitrogen and oxygen atoms in total. The minimum Gasteiger partial charge on any atom is -0.322 e. The highest BCUT2D eigenvalue weighted by atomic mass is 16.2. The van der Waals surface area contributed by atoms with E-state index in [0.717, 1.165) is 0 Å². The zero-order chi connectivity index (χ0) is 9.68. The predicted molar refractivity (Wildman–Crippen MR) is 49.5 cm³/mol. The Bertz CT molecular complexity index is 320. The van der Waals surface area contributed by atoms with Gasteiger partial charge in [-0.1, -0.05) is 30.3 Å². The van der Waals surface area contributed by atoms with Crippen LogP contribution in [0.5, 0.6) is 0 Å². The van der Waals surface area contributed by atoms with Crippen molar-refractivity contribution in [1.82, 2.24) is 5.43 Å². The molecule has 0 saturated heterocycles. The molecule has 1 aromatic rings. The minimum absolute atomic E-state index is 0.114. The third-order valence-corrected chi connectivity index (χ3v) is 1.52. The summed E-state index contributed by atoms with van der Waals surface area (Å²) >= 11 is 0. The maximum Gasteiger partial charge on any atom is 0.286 e. The van der Waals surface area contributed by atoms with Crippen LogP contribution >= 0.6 is 0 Å². The van der Waals surface area contributed by atoms with Gasteiger partial charge < -0.3 is 5.84 Å². The molecule has 0 saturated carbocycles. The number of carbonyl (C=O) groups is 1. The molecule has 0 aliphatic carbocycles. The Hall–Kier alpha value is -1.88. The normalized spacial score (nSPS) is 11.0. The summed E-state index contributed by atoms with van der Waals surface area (Å²) in [6.45, 7) is 0. The number of nitrogens with zero attached hydrogens (tertiary/aromatic N) is 1. The molecule has 0 aromatic heterocycles. The van der Waals surface area contributed by atoms with E-state index in [0.29, 0.717) is 5.56 Å². The van der Waals surface area contributed by atoms with Crippen molar-refractivity contribution in [2.75, 3.05) is 0 Å². The number of amides is 1. The van der Waals surface area contributed by atoms with Gasteiger partial charge in [0, 0.05) is 5.56 Å². The molecular weight excluding hydrogens is 168 g/mol. The van der Waals surface area contributed by atoms with Crippen LogP contribution < -0.4 is 17.1 Å². The molecule has 1 amide bonds. The van der Waals surface area contributed by atoms with Gasteiger partial charge in [-0.25, -0.2) is 5.84 Å². The summed E-state index contributed by atoms with van der Waals surface area (Å²) in [7, 11) is 0. The van der Waals surface area contributed by atoms with E-state index in [4.69, 9.17) is 11.7 Å². The highest BCUT2D eigenvalue weighted by Gasteiger charge is 2.10.